The molecule has 1 aromatic heterocycles. The van der Waals surface area contributed by atoms with Crippen molar-refractivity contribution in [2.24, 2.45) is 0 Å². The molecule has 0 spiro atoms. The zero-order valence-corrected chi connectivity index (χ0v) is 8.81. The van der Waals surface area contributed by atoms with Gasteiger partial charge in [0, 0.05) is 12.3 Å². The molecule has 0 fully saturated rings. The van der Waals surface area contributed by atoms with E-state index in [9.17, 15) is 14.0 Å². The monoisotopic (exact) mass is 235 g/mol. The van der Waals surface area contributed by atoms with Crippen molar-refractivity contribution < 1.29 is 4.39 Å². The van der Waals surface area contributed by atoms with Gasteiger partial charge in [-0.2, -0.15) is 0 Å². The molecule has 5 nitrogen and oxygen atoms in total. The molecule has 0 atom stereocenters. The van der Waals surface area contributed by atoms with Crippen LogP contribution in [0.25, 0.3) is 0 Å². The van der Waals surface area contributed by atoms with Gasteiger partial charge in [0.2, 0.25) is 0 Å². The second kappa shape index (κ2) is 4.25. The molecule has 0 aliphatic rings. The second-order valence-electron chi connectivity index (χ2n) is 3.59. The van der Waals surface area contributed by atoms with Crippen LogP contribution in [0.5, 0.6) is 0 Å². The minimum atomic E-state index is -0.533. The van der Waals surface area contributed by atoms with Crippen LogP contribution in [0.3, 0.4) is 0 Å². The van der Waals surface area contributed by atoms with Crippen LogP contribution >= 0.6 is 0 Å². The van der Waals surface area contributed by atoms with E-state index in [0.717, 1.165) is 0 Å². The number of nitrogens with one attached hydrogen (secondary N) is 1. The van der Waals surface area contributed by atoms with Crippen LogP contribution in [0.2, 0.25) is 0 Å². The Hall–Kier alpha value is -2.37. The normalized spacial score (nSPS) is 10.4. The first-order chi connectivity index (χ1) is 8.06. The topological polar surface area (TPSA) is 80.9 Å². The number of halogens is 1. The van der Waals surface area contributed by atoms with E-state index in [1.165, 1.54) is 29.0 Å². The van der Waals surface area contributed by atoms with Crippen molar-refractivity contribution >= 4 is 5.69 Å². The van der Waals surface area contributed by atoms with Gasteiger partial charge in [-0.3, -0.25) is 14.3 Å². The Morgan fingerprint density at radius 2 is 2.06 bits per heavy atom. The number of aromatic amines is 1. The van der Waals surface area contributed by atoms with E-state index in [4.69, 9.17) is 5.73 Å². The van der Waals surface area contributed by atoms with Crippen molar-refractivity contribution in [2.75, 3.05) is 5.73 Å². The van der Waals surface area contributed by atoms with Gasteiger partial charge in [-0.25, -0.2) is 9.18 Å². The number of nitrogens with zero attached hydrogens (tertiary/aromatic N) is 1. The maximum Gasteiger partial charge on any atom is 0.328 e. The van der Waals surface area contributed by atoms with Crippen molar-refractivity contribution in [3.05, 3.63) is 62.7 Å². The summed E-state index contributed by atoms with van der Waals surface area (Å²) in [6.45, 7) is 0.173. The molecule has 0 bridgehead atoms. The summed E-state index contributed by atoms with van der Waals surface area (Å²) < 4.78 is 14.4. The van der Waals surface area contributed by atoms with E-state index in [1.807, 2.05) is 0 Å². The Balaban J connectivity index is 2.35. The lowest BCUT2D eigenvalue weighted by atomic mass is 10.2. The molecule has 2 rings (SSSR count). The van der Waals surface area contributed by atoms with Crippen LogP contribution in [0.4, 0.5) is 10.1 Å². The number of anilines is 1. The maximum atomic E-state index is 13.2. The third kappa shape index (κ3) is 2.41. The molecular formula is C11H10FN3O2. The molecule has 0 aliphatic carbocycles. The Labute approximate surface area is 95.3 Å². The van der Waals surface area contributed by atoms with Crippen molar-refractivity contribution in [3.63, 3.8) is 0 Å². The number of nitrogens with two attached hydrogens (primary N) is 1. The standard InChI is InChI=1S/C11H10FN3O2/c12-8-5-7(1-2-9(8)13)6-15-4-3-10(16)14-11(15)17/h1-5H,6,13H2,(H,14,16,17). The van der Waals surface area contributed by atoms with Gasteiger partial charge >= 0.3 is 5.69 Å². The van der Waals surface area contributed by atoms with Crippen LogP contribution in [-0.2, 0) is 6.54 Å². The maximum absolute atomic E-state index is 13.2. The average molecular weight is 235 g/mol. The number of hydrogen-bond acceptors (Lipinski definition) is 3. The zero-order chi connectivity index (χ0) is 12.4. The molecule has 0 radical (unpaired) electrons. The van der Waals surface area contributed by atoms with E-state index in [1.54, 1.807) is 6.07 Å². The number of nitrogen functional groups attached to an aromatic ring is 1. The van der Waals surface area contributed by atoms with Crippen molar-refractivity contribution in [1.29, 1.82) is 0 Å². The van der Waals surface area contributed by atoms with E-state index in [0.29, 0.717) is 5.56 Å². The third-order valence-electron chi connectivity index (χ3n) is 2.31. The SMILES string of the molecule is Nc1ccc(Cn2ccc(=O)[nH]c2=O)cc1F. The predicted octanol–water partition coefficient (Wildman–Crippen LogP) is 0.306. The predicted molar refractivity (Wildman–Crippen MR) is 61.2 cm³/mol. The molecule has 0 aliphatic heterocycles. The van der Waals surface area contributed by atoms with E-state index < -0.39 is 17.1 Å². The molecule has 17 heavy (non-hydrogen) atoms. The molecule has 0 saturated heterocycles. The van der Waals surface area contributed by atoms with Gasteiger partial charge in [-0.05, 0) is 17.7 Å². The quantitative estimate of drug-likeness (QED) is 0.735. The van der Waals surface area contributed by atoms with Gasteiger partial charge < -0.3 is 5.73 Å². The summed E-state index contributed by atoms with van der Waals surface area (Å²) in [5, 5.41) is 0. The summed E-state index contributed by atoms with van der Waals surface area (Å²) in [4.78, 5) is 24.4. The molecule has 88 valence electrons. The Morgan fingerprint density at radius 1 is 1.29 bits per heavy atom. The second-order valence-corrected chi connectivity index (χ2v) is 3.59. The highest BCUT2D eigenvalue weighted by atomic mass is 19.1. The summed E-state index contributed by atoms with van der Waals surface area (Å²) in [5.74, 6) is -0.528. The Kier molecular flexibility index (Phi) is 2.78. The van der Waals surface area contributed by atoms with Crippen molar-refractivity contribution in [3.8, 4) is 0 Å². The Morgan fingerprint density at radius 3 is 2.71 bits per heavy atom. The van der Waals surface area contributed by atoms with E-state index >= 15 is 0 Å². The van der Waals surface area contributed by atoms with Crippen molar-refractivity contribution in [2.45, 2.75) is 6.54 Å². The lowest BCUT2D eigenvalue weighted by Crippen LogP contribution is -2.28. The van der Waals surface area contributed by atoms with Gasteiger partial charge in [0.05, 0.1) is 12.2 Å². The largest absolute Gasteiger partial charge is 0.396 e. The zero-order valence-electron chi connectivity index (χ0n) is 8.81. The molecule has 0 amide bonds. The average Bonchev–Trinajstić information content (AvgIpc) is 2.27. The van der Waals surface area contributed by atoms with Gasteiger partial charge in [0.1, 0.15) is 5.82 Å². The summed E-state index contributed by atoms with van der Waals surface area (Å²) in [6.07, 6.45) is 1.36. The Bertz CT molecular complexity index is 660. The van der Waals surface area contributed by atoms with Gasteiger partial charge in [-0.15, -0.1) is 0 Å². The molecular weight excluding hydrogens is 225 g/mol. The number of rotatable bonds is 2. The fraction of sp³-hybridized carbons (Fsp3) is 0.0909. The van der Waals surface area contributed by atoms with Crippen LogP contribution in [-0.4, -0.2) is 9.55 Å². The summed E-state index contributed by atoms with van der Waals surface area (Å²) in [7, 11) is 0. The minimum absolute atomic E-state index is 0.0579. The molecule has 1 heterocycles. The van der Waals surface area contributed by atoms with Gasteiger partial charge in [0.15, 0.2) is 0 Å². The van der Waals surface area contributed by atoms with Gasteiger partial charge in [-0.1, -0.05) is 6.07 Å². The molecule has 1 aromatic carbocycles. The lowest BCUT2D eigenvalue weighted by molar-refractivity contribution is 0.626. The van der Waals surface area contributed by atoms with E-state index in [-0.39, 0.29) is 12.2 Å². The number of H-pyrrole nitrogens is 1. The van der Waals surface area contributed by atoms with Gasteiger partial charge in [0.25, 0.3) is 5.56 Å². The van der Waals surface area contributed by atoms with Crippen LogP contribution in [0.1, 0.15) is 5.56 Å². The number of benzene rings is 1. The highest BCUT2D eigenvalue weighted by Crippen LogP contribution is 2.12. The molecule has 0 saturated carbocycles. The van der Waals surface area contributed by atoms with Crippen LogP contribution in [0, 0.1) is 5.82 Å². The summed E-state index contributed by atoms with van der Waals surface area (Å²) >= 11 is 0. The fourth-order valence-corrected chi connectivity index (χ4v) is 1.43. The fourth-order valence-electron chi connectivity index (χ4n) is 1.43. The molecule has 2 aromatic rings. The summed E-state index contributed by atoms with van der Waals surface area (Å²) in [5.41, 5.74) is 4.99. The number of aromatic nitrogens is 2. The van der Waals surface area contributed by atoms with Crippen LogP contribution in [0.15, 0.2) is 40.1 Å². The summed E-state index contributed by atoms with van der Waals surface area (Å²) in [6, 6.07) is 5.54. The lowest BCUT2D eigenvalue weighted by Gasteiger charge is -2.05. The highest BCUT2D eigenvalue weighted by Gasteiger charge is 2.02. The number of hydrogen-bond donors (Lipinski definition) is 2. The third-order valence-corrected chi connectivity index (χ3v) is 2.31. The molecule has 3 N–H and O–H groups in total. The van der Waals surface area contributed by atoms with Crippen LogP contribution < -0.4 is 17.0 Å². The first-order valence-electron chi connectivity index (χ1n) is 4.90. The first kappa shape index (κ1) is 11.1. The molecule has 0 unspecified atom stereocenters. The minimum Gasteiger partial charge on any atom is -0.396 e. The smallest absolute Gasteiger partial charge is 0.328 e. The first-order valence-corrected chi connectivity index (χ1v) is 4.90. The van der Waals surface area contributed by atoms with E-state index in [2.05, 4.69) is 4.98 Å². The molecule has 6 heteroatoms. The van der Waals surface area contributed by atoms with Crippen molar-refractivity contribution in [1.82, 2.24) is 9.55 Å². The highest BCUT2D eigenvalue weighted by molar-refractivity contribution is 5.41.